The molecule has 1 aromatic heterocycles. The van der Waals surface area contributed by atoms with Crippen molar-refractivity contribution in [3.63, 3.8) is 0 Å². The van der Waals surface area contributed by atoms with E-state index in [0.29, 0.717) is 13.1 Å². The predicted octanol–water partition coefficient (Wildman–Crippen LogP) is 2.56. The third-order valence-electron chi connectivity index (χ3n) is 2.90. The number of anilines is 1. The van der Waals surface area contributed by atoms with Crippen molar-refractivity contribution >= 4 is 5.82 Å². The lowest BCUT2D eigenvalue weighted by molar-refractivity contribution is -0.0652. The van der Waals surface area contributed by atoms with Crippen LogP contribution in [0.1, 0.15) is 13.3 Å². The Hall–Kier alpha value is -1.19. The fraction of sp³-hybridized carbons (Fsp3) is 0.545. The molecule has 1 atom stereocenters. The average molecular weight is 212 g/mol. The molecule has 0 amide bonds. The molecule has 0 saturated carbocycles. The third-order valence-corrected chi connectivity index (χ3v) is 2.90. The SMILES string of the molecule is C[C@@H]1CN(c2ccccn2)CCC1(F)F. The molecule has 1 aliphatic heterocycles. The van der Waals surface area contributed by atoms with Gasteiger partial charge >= 0.3 is 0 Å². The summed E-state index contributed by atoms with van der Waals surface area (Å²) in [6, 6.07) is 5.56. The highest BCUT2D eigenvalue weighted by Crippen LogP contribution is 2.34. The van der Waals surface area contributed by atoms with E-state index in [-0.39, 0.29) is 6.42 Å². The summed E-state index contributed by atoms with van der Waals surface area (Å²) < 4.78 is 26.5. The number of rotatable bonds is 1. The van der Waals surface area contributed by atoms with E-state index in [4.69, 9.17) is 0 Å². The summed E-state index contributed by atoms with van der Waals surface area (Å²) in [5, 5.41) is 0. The Morgan fingerprint density at radius 2 is 2.27 bits per heavy atom. The standard InChI is InChI=1S/C11H14F2N2/c1-9-8-15(7-5-11(9,12)13)10-4-2-3-6-14-10/h2-4,6,9H,5,7-8H2,1H3/t9-/m1/s1. The van der Waals surface area contributed by atoms with E-state index in [0.717, 1.165) is 5.82 Å². The van der Waals surface area contributed by atoms with E-state index < -0.39 is 11.8 Å². The summed E-state index contributed by atoms with van der Waals surface area (Å²) in [6.45, 7) is 2.35. The molecule has 4 heteroatoms. The lowest BCUT2D eigenvalue weighted by Gasteiger charge is -2.37. The lowest BCUT2D eigenvalue weighted by atomic mass is 9.95. The van der Waals surface area contributed by atoms with Crippen LogP contribution in [0.2, 0.25) is 0 Å². The fourth-order valence-electron chi connectivity index (χ4n) is 1.83. The molecular weight excluding hydrogens is 198 g/mol. The quantitative estimate of drug-likeness (QED) is 0.711. The van der Waals surface area contributed by atoms with Gasteiger partial charge in [0.05, 0.1) is 0 Å². The molecule has 0 bridgehead atoms. The highest BCUT2D eigenvalue weighted by Gasteiger charge is 2.41. The van der Waals surface area contributed by atoms with Crippen molar-refractivity contribution < 1.29 is 8.78 Å². The first-order chi connectivity index (χ1) is 7.09. The summed E-state index contributed by atoms with van der Waals surface area (Å²) in [6.07, 6.45) is 1.61. The van der Waals surface area contributed by atoms with Crippen LogP contribution in [0.15, 0.2) is 24.4 Å². The minimum absolute atomic E-state index is 0.0786. The van der Waals surface area contributed by atoms with Crippen molar-refractivity contribution in [1.82, 2.24) is 4.98 Å². The molecule has 0 aliphatic carbocycles. The Balaban J connectivity index is 2.10. The second-order valence-electron chi connectivity index (χ2n) is 4.05. The van der Waals surface area contributed by atoms with Crippen LogP contribution in [-0.2, 0) is 0 Å². The Labute approximate surface area is 87.9 Å². The van der Waals surface area contributed by atoms with E-state index >= 15 is 0 Å². The molecular formula is C11H14F2N2. The van der Waals surface area contributed by atoms with E-state index in [1.165, 1.54) is 0 Å². The van der Waals surface area contributed by atoms with Crippen molar-refractivity contribution in [2.45, 2.75) is 19.3 Å². The molecule has 82 valence electrons. The second kappa shape index (κ2) is 3.76. The molecule has 0 spiro atoms. The smallest absolute Gasteiger partial charge is 0.254 e. The largest absolute Gasteiger partial charge is 0.356 e. The van der Waals surface area contributed by atoms with Gasteiger partial charge in [0.15, 0.2) is 0 Å². The fourth-order valence-corrected chi connectivity index (χ4v) is 1.83. The van der Waals surface area contributed by atoms with E-state index in [9.17, 15) is 8.78 Å². The Kier molecular flexibility index (Phi) is 2.59. The predicted molar refractivity (Wildman–Crippen MR) is 55.2 cm³/mol. The van der Waals surface area contributed by atoms with Gasteiger partial charge < -0.3 is 4.90 Å². The summed E-state index contributed by atoms with van der Waals surface area (Å²) >= 11 is 0. The highest BCUT2D eigenvalue weighted by atomic mass is 19.3. The molecule has 2 heterocycles. The summed E-state index contributed by atoms with van der Waals surface area (Å²) in [5.74, 6) is -2.33. The molecule has 2 nitrogen and oxygen atoms in total. The second-order valence-corrected chi connectivity index (χ2v) is 4.05. The minimum Gasteiger partial charge on any atom is -0.356 e. The number of aromatic nitrogens is 1. The minimum atomic E-state index is -2.52. The molecule has 1 fully saturated rings. The Bertz CT molecular complexity index is 327. The maximum atomic E-state index is 13.2. The maximum absolute atomic E-state index is 13.2. The van der Waals surface area contributed by atoms with Crippen molar-refractivity contribution in [3.8, 4) is 0 Å². The molecule has 0 N–H and O–H groups in total. The molecule has 2 rings (SSSR count). The number of nitrogens with zero attached hydrogens (tertiary/aromatic N) is 2. The molecule has 0 radical (unpaired) electrons. The van der Waals surface area contributed by atoms with Crippen molar-refractivity contribution in [1.29, 1.82) is 0 Å². The van der Waals surface area contributed by atoms with Crippen LogP contribution in [0, 0.1) is 5.92 Å². The van der Waals surface area contributed by atoms with Gasteiger partial charge in [-0.3, -0.25) is 0 Å². The van der Waals surface area contributed by atoms with Crippen LogP contribution in [0.25, 0.3) is 0 Å². The summed E-state index contributed by atoms with van der Waals surface area (Å²) in [4.78, 5) is 6.08. The topological polar surface area (TPSA) is 16.1 Å². The molecule has 1 aliphatic rings. The molecule has 0 unspecified atom stereocenters. The van der Waals surface area contributed by atoms with Crippen LogP contribution in [0.4, 0.5) is 14.6 Å². The van der Waals surface area contributed by atoms with Crippen molar-refractivity contribution in [3.05, 3.63) is 24.4 Å². The zero-order chi connectivity index (χ0) is 10.9. The zero-order valence-corrected chi connectivity index (χ0v) is 8.66. The van der Waals surface area contributed by atoms with Crippen LogP contribution < -0.4 is 4.90 Å². The number of pyridine rings is 1. The van der Waals surface area contributed by atoms with Crippen LogP contribution >= 0.6 is 0 Å². The first-order valence-electron chi connectivity index (χ1n) is 5.13. The Morgan fingerprint density at radius 1 is 1.47 bits per heavy atom. The molecule has 1 aromatic rings. The first kappa shape index (κ1) is 10.3. The Morgan fingerprint density at radius 3 is 2.87 bits per heavy atom. The first-order valence-corrected chi connectivity index (χ1v) is 5.13. The van der Waals surface area contributed by atoms with Gasteiger partial charge in [-0.1, -0.05) is 13.0 Å². The number of piperidine rings is 1. The van der Waals surface area contributed by atoms with E-state index in [1.807, 2.05) is 23.1 Å². The lowest BCUT2D eigenvalue weighted by Crippen LogP contribution is -2.46. The zero-order valence-electron chi connectivity index (χ0n) is 8.66. The maximum Gasteiger partial charge on any atom is 0.254 e. The third kappa shape index (κ3) is 2.08. The molecule has 0 aromatic carbocycles. The van der Waals surface area contributed by atoms with Gasteiger partial charge in [-0.15, -0.1) is 0 Å². The van der Waals surface area contributed by atoms with Crippen LogP contribution in [-0.4, -0.2) is 24.0 Å². The number of halogens is 2. The van der Waals surface area contributed by atoms with Gasteiger partial charge in [0.1, 0.15) is 5.82 Å². The van der Waals surface area contributed by atoms with Crippen LogP contribution in [0.3, 0.4) is 0 Å². The van der Waals surface area contributed by atoms with Gasteiger partial charge in [-0.25, -0.2) is 13.8 Å². The van der Waals surface area contributed by atoms with Gasteiger partial charge in [0, 0.05) is 31.6 Å². The van der Waals surface area contributed by atoms with Gasteiger partial charge in [0.25, 0.3) is 5.92 Å². The van der Waals surface area contributed by atoms with E-state index in [1.54, 1.807) is 13.1 Å². The average Bonchev–Trinajstić information content (AvgIpc) is 2.23. The number of hydrogen-bond donors (Lipinski definition) is 0. The van der Waals surface area contributed by atoms with E-state index in [2.05, 4.69) is 4.98 Å². The summed E-state index contributed by atoms with van der Waals surface area (Å²) in [7, 11) is 0. The van der Waals surface area contributed by atoms with Gasteiger partial charge in [-0.2, -0.15) is 0 Å². The van der Waals surface area contributed by atoms with Crippen LogP contribution in [0.5, 0.6) is 0 Å². The molecule has 1 saturated heterocycles. The van der Waals surface area contributed by atoms with Crippen molar-refractivity contribution in [2.75, 3.05) is 18.0 Å². The normalized spacial score (nSPS) is 25.3. The monoisotopic (exact) mass is 212 g/mol. The number of alkyl halides is 2. The highest BCUT2D eigenvalue weighted by molar-refractivity contribution is 5.38. The summed E-state index contributed by atoms with van der Waals surface area (Å²) in [5.41, 5.74) is 0. The number of hydrogen-bond acceptors (Lipinski definition) is 2. The van der Waals surface area contributed by atoms with Crippen molar-refractivity contribution in [2.24, 2.45) is 5.92 Å². The van der Waals surface area contributed by atoms with Gasteiger partial charge in [-0.05, 0) is 12.1 Å². The molecule has 15 heavy (non-hydrogen) atoms. The van der Waals surface area contributed by atoms with Gasteiger partial charge in [0.2, 0.25) is 0 Å².